The molecule has 1 aromatic heterocycles. The molecule has 4 heteroatoms. The zero-order valence-corrected chi connectivity index (χ0v) is 15.4. The first-order valence-corrected chi connectivity index (χ1v) is 9.17. The van der Waals surface area contributed by atoms with E-state index < -0.39 is 5.60 Å². The molecule has 0 spiro atoms. The fourth-order valence-electron chi connectivity index (χ4n) is 3.93. The van der Waals surface area contributed by atoms with Crippen molar-refractivity contribution < 1.29 is 5.11 Å². The molecule has 1 N–H and O–H groups in total. The molecule has 0 bridgehead atoms. The summed E-state index contributed by atoms with van der Waals surface area (Å²) < 4.78 is 1.94. The van der Waals surface area contributed by atoms with Crippen molar-refractivity contribution in [2.45, 2.75) is 32.4 Å². The van der Waals surface area contributed by atoms with Crippen LogP contribution in [0, 0.1) is 13.8 Å². The van der Waals surface area contributed by atoms with E-state index in [4.69, 9.17) is 0 Å². The summed E-state index contributed by atoms with van der Waals surface area (Å²) in [6.45, 7) is 6.49. The molecule has 1 aliphatic rings. The monoisotopic (exact) mass is 347 g/mol. The van der Waals surface area contributed by atoms with Crippen molar-refractivity contribution >= 4 is 0 Å². The maximum Gasteiger partial charge on any atom is 0.104 e. The molecule has 1 fully saturated rings. The van der Waals surface area contributed by atoms with Crippen LogP contribution in [0.1, 0.15) is 28.8 Å². The van der Waals surface area contributed by atoms with Gasteiger partial charge in [0.1, 0.15) is 5.60 Å². The summed E-state index contributed by atoms with van der Waals surface area (Å²) >= 11 is 0. The lowest BCUT2D eigenvalue weighted by atomic mass is 9.89. The number of rotatable bonds is 4. The molecule has 1 unspecified atom stereocenters. The summed E-state index contributed by atoms with van der Waals surface area (Å²) in [5.74, 6) is 0. The summed E-state index contributed by atoms with van der Waals surface area (Å²) in [5, 5.41) is 15.8. The molecule has 0 radical (unpaired) electrons. The smallest absolute Gasteiger partial charge is 0.104 e. The molecule has 0 amide bonds. The number of likely N-dealkylation sites (tertiary alicyclic amines) is 1. The van der Waals surface area contributed by atoms with Crippen molar-refractivity contribution in [2.75, 3.05) is 13.1 Å². The SMILES string of the molecule is Cc1ccccc1C1(O)CCN(Cc2cn(-c3ccccc3)nc2C)C1. The van der Waals surface area contributed by atoms with Crippen molar-refractivity contribution in [3.8, 4) is 5.69 Å². The molecule has 4 nitrogen and oxygen atoms in total. The van der Waals surface area contributed by atoms with E-state index in [0.29, 0.717) is 6.54 Å². The van der Waals surface area contributed by atoms with Gasteiger partial charge in [-0.2, -0.15) is 5.10 Å². The lowest BCUT2D eigenvalue weighted by Gasteiger charge is -2.25. The van der Waals surface area contributed by atoms with Gasteiger partial charge in [0.25, 0.3) is 0 Å². The second kappa shape index (κ2) is 6.71. The van der Waals surface area contributed by atoms with Gasteiger partial charge in [-0.25, -0.2) is 4.68 Å². The van der Waals surface area contributed by atoms with Gasteiger partial charge in [-0.1, -0.05) is 42.5 Å². The number of β-amino-alcohol motifs (C(OH)–C–C–N with tert-alkyl or cyclic N) is 1. The molecule has 4 rings (SSSR count). The second-order valence-corrected chi connectivity index (χ2v) is 7.33. The molecule has 3 aromatic rings. The molecular weight excluding hydrogens is 322 g/mol. The zero-order chi connectivity index (χ0) is 18.1. The Balaban J connectivity index is 1.51. The van der Waals surface area contributed by atoms with E-state index in [1.807, 2.05) is 35.0 Å². The van der Waals surface area contributed by atoms with Crippen LogP contribution in [0.3, 0.4) is 0 Å². The Labute approximate surface area is 154 Å². The van der Waals surface area contributed by atoms with Crippen LogP contribution in [0.5, 0.6) is 0 Å². The minimum Gasteiger partial charge on any atom is -0.384 e. The quantitative estimate of drug-likeness (QED) is 0.784. The molecule has 1 aliphatic heterocycles. The van der Waals surface area contributed by atoms with Gasteiger partial charge in [0, 0.05) is 31.4 Å². The summed E-state index contributed by atoms with van der Waals surface area (Å²) in [5.41, 5.74) is 4.78. The van der Waals surface area contributed by atoms with Crippen LogP contribution < -0.4 is 0 Å². The number of hydrogen-bond acceptors (Lipinski definition) is 3. The van der Waals surface area contributed by atoms with Crippen LogP contribution in [-0.4, -0.2) is 32.9 Å². The molecule has 2 aromatic carbocycles. The maximum absolute atomic E-state index is 11.2. The van der Waals surface area contributed by atoms with E-state index in [2.05, 4.69) is 54.3 Å². The first kappa shape index (κ1) is 17.0. The molecule has 0 aliphatic carbocycles. The minimum atomic E-state index is -0.755. The topological polar surface area (TPSA) is 41.3 Å². The van der Waals surface area contributed by atoms with Crippen LogP contribution in [0.15, 0.2) is 60.8 Å². The Bertz CT molecular complexity index is 903. The van der Waals surface area contributed by atoms with Crippen LogP contribution in [0.4, 0.5) is 0 Å². The Morgan fingerprint density at radius 3 is 2.54 bits per heavy atom. The van der Waals surface area contributed by atoms with E-state index >= 15 is 0 Å². The molecule has 2 heterocycles. The molecule has 134 valence electrons. The second-order valence-electron chi connectivity index (χ2n) is 7.33. The molecule has 26 heavy (non-hydrogen) atoms. The molecular formula is C22H25N3O. The van der Waals surface area contributed by atoms with Gasteiger partial charge in [0.15, 0.2) is 0 Å². The highest BCUT2D eigenvalue weighted by molar-refractivity contribution is 5.34. The summed E-state index contributed by atoms with van der Waals surface area (Å²) in [7, 11) is 0. The van der Waals surface area contributed by atoms with Crippen molar-refractivity contribution in [3.63, 3.8) is 0 Å². The lowest BCUT2D eigenvalue weighted by molar-refractivity contribution is 0.0446. The van der Waals surface area contributed by atoms with Gasteiger partial charge in [-0.3, -0.25) is 4.90 Å². The van der Waals surface area contributed by atoms with E-state index in [-0.39, 0.29) is 0 Å². The number of benzene rings is 2. The van der Waals surface area contributed by atoms with Crippen molar-refractivity contribution in [1.82, 2.24) is 14.7 Å². The standard InChI is InChI=1S/C22H25N3O/c1-17-8-6-7-11-21(17)22(26)12-13-24(16-22)14-19-15-25(23-18(19)2)20-9-4-3-5-10-20/h3-11,15,26H,12-14,16H2,1-2H3. The summed E-state index contributed by atoms with van der Waals surface area (Å²) in [4.78, 5) is 2.33. The number of aryl methyl sites for hydroxylation is 2. The molecule has 1 atom stereocenters. The van der Waals surface area contributed by atoms with Crippen LogP contribution in [-0.2, 0) is 12.1 Å². The third kappa shape index (κ3) is 3.18. The minimum absolute atomic E-state index is 0.661. The average Bonchev–Trinajstić information content (AvgIpc) is 3.20. The van der Waals surface area contributed by atoms with Crippen LogP contribution in [0.25, 0.3) is 5.69 Å². The van der Waals surface area contributed by atoms with E-state index in [1.165, 1.54) is 5.56 Å². The van der Waals surface area contributed by atoms with Gasteiger partial charge >= 0.3 is 0 Å². The van der Waals surface area contributed by atoms with Gasteiger partial charge in [0.05, 0.1) is 11.4 Å². The van der Waals surface area contributed by atoms with Crippen molar-refractivity contribution in [3.05, 3.63) is 83.2 Å². The number of para-hydroxylation sites is 1. The number of aliphatic hydroxyl groups is 1. The van der Waals surface area contributed by atoms with Gasteiger partial charge in [-0.05, 0) is 43.5 Å². The highest BCUT2D eigenvalue weighted by Crippen LogP contribution is 2.34. The number of nitrogens with zero attached hydrogens (tertiary/aromatic N) is 3. The Morgan fingerprint density at radius 2 is 1.77 bits per heavy atom. The highest BCUT2D eigenvalue weighted by atomic mass is 16.3. The van der Waals surface area contributed by atoms with Gasteiger partial charge in [0.2, 0.25) is 0 Å². The largest absolute Gasteiger partial charge is 0.384 e. The third-order valence-corrected chi connectivity index (χ3v) is 5.39. The number of hydrogen-bond donors (Lipinski definition) is 1. The maximum atomic E-state index is 11.2. The summed E-state index contributed by atoms with van der Waals surface area (Å²) in [6.07, 6.45) is 2.87. The Hall–Kier alpha value is -2.43. The first-order valence-electron chi connectivity index (χ1n) is 9.17. The normalized spacial score (nSPS) is 20.6. The third-order valence-electron chi connectivity index (χ3n) is 5.39. The summed E-state index contributed by atoms with van der Waals surface area (Å²) in [6, 6.07) is 18.3. The number of aromatic nitrogens is 2. The van der Waals surface area contributed by atoms with E-state index in [9.17, 15) is 5.11 Å². The lowest BCUT2D eigenvalue weighted by Crippen LogP contribution is -2.31. The highest BCUT2D eigenvalue weighted by Gasteiger charge is 2.38. The van der Waals surface area contributed by atoms with Crippen molar-refractivity contribution in [2.24, 2.45) is 0 Å². The fourth-order valence-corrected chi connectivity index (χ4v) is 3.93. The fraction of sp³-hybridized carbons (Fsp3) is 0.318. The molecule has 0 saturated carbocycles. The zero-order valence-electron chi connectivity index (χ0n) is 15.4. The Morgan fingerprint density at radius 1 is 1.04 bits per heavy atom. The predicted molar refractivity (Wildman–Crippen MR) is 103 cm³/mol. The Kier molecular flexibility index (Phi) is 4.39. The van der Waals surface area contributed by atoms with Crippen LogP contribution >= 0.6 is 0 Å². The van der Waals surface area contributed by atoms with E-state index in [0.717, 1.165) is 42.0 Å². The van der Waals surface area contributed by atoms with E-state index in [1.54, 1.807) is 0 Å². The predicted octanol–water partition coefficient (Wildman–Crippen LogP) is 3.58. The van der Waals surface area contributed by atoms with Crippen molar-refractivity contribution in [1.29, 1.82) is 0 Å². The van der Waals surface area contributed by atoms with Gasteiger partial charge in [-0.15, -0.1) is 0 Å². The average molecular weight is 347 g/mol. The first-order chi connectivity index (χ1) is 12.5. The van der Waals surface area contributed by atoms with Gasteiger partial charge < -0.3 is 5.11 Å². The molecule has 1 saturated heterocycles. The van der Waals surface area contributed by atoms with Crippen LogP contribution in [0.2, 0.25) is 0 Å².